The van der Waals surface area contributed by atoms with Gasteiger partial charge < -0.3 is 14.9 Å². The van der Waals surface area contributed by atoms with Crippen LogP contribution in [-0.2, 0) is 11.2 Å². The minimum atomic E-state index is -0.890. The van der Waals surface area contributed by atoms with Crippen LogP contribution in [0.5, 0.6) is 0 Å². The predicted molar refractivity (Wildman–Crippen MR) is 62.6 cm³/mol. The quantitative estimate of drug-likeness (QED) is 0.632. The second kappa shape index (κ2) is 5.64. The molecular formula is C11H15FN2O5. The summed E-state index contributed by atoms with van der Waals surface area (Å²) in [5.74, 6) is 0. The first-order valence-corrected chi connectivity index (χ1v) is 5.91. The summed E-state index contributed by atoms with van der Waals surface area (Å²) >= 11 is 0. The number of nitrogens with zero attached hydrogens (tertiary/aromatic N) is 1. The molecule has 0 unspecified atom stereocenters. The first-order valence-electron chi connectivity index (χ1n) is 5.91. The third-order valence-electron chi connectivity index (χ3n) is 3.10. The maximum Gasteiger partial charge on any atom is 0.330 e. The normalized spacial score (nSPS) is 26.8. The van der Waals surface area contributed by atoms with E-state index in [1.54, 1.807) is 0 Å². The fourth-order valence-electron chi connectivity index (χ4n) is 2.07. The van der Waals surface area contributed by atoms with E-state index in [1.807, 2.05) is 0 Å². The van der Waals surface area contributed by atoms with Gasteiger partial charge in [-0.1, -0.05) is 0 Å². The van der Waals surface area contributed by atoms with Crippen molar-refractivity contribution in [3.8, 4) is 0 Å². The summed E-state index contributed by atoms with van der Waals surface area (Å²) in [6, 6.07) is 0. The van der Waals surface area contributed by atoms with E-state index in [0.29, 0.717) is 0 Å². The highest BCUT2D eigenvalue weighted by Crippen LogP contribution is 2.27. The van der Waals surface area contributed by atoms with Gasteiger partial charge in [0, 0.05) is 24.6 Å². The molecule has 7 nitrogen and oxygen atoms in total. The van der Waals surface area contributed by atoms with Crippen LogP contribution in [0, 0.1) is 0 Å². The molecule has 8 heteroatoms. The number of H-pyrrole nitrogens is 1. The highest BCUT2D eigenvalue weighted by atomic mass is 19.1. The number of halogens is 1. The molecule has 19 heavy (non-hydrogen) atoms. The van der Waals surface area contributed by atoms with Gasteiger partial charge in [0.25, 0.3) is 5.56 Å². The lowest BCUT2D eigenvalue weighted by Crippen LogP contribution is -2.34. The molecule has 2 heterocycles. The molecule has 3 N–H and O–H groups in total. The number of hydrogen-bond acceptors (Lipinski definition) is 5. The van der Waals surface area contributed by atoms with Crippen molar-refractivity contribution >= 4 is 0 Å². The second-order valence-electron chi connectivity index (χ2n) is 4.37. The number of hydrogen-bond donors (Lipinski definition) is 3. The number of ether oxygens (including phenoxy) is 1. The number of aliphatic hydroxyl groups excluding tert-OH is 2. The molecule has 106 valence electrons. The summed E-state index contributed by atoms with van der Waals surface area (Å²) in [7, 11) is 0. The minimum absolute atomic E-state index is 0.103. The Morgan fingerprint density at radius 2 is 2.26 bits per heavy atom. The van der Waals surface area contributed by atoms with E-state index in [-0.39, 0.29) is 25.0 Å². The zero-order chi connectivity index (χ0) is 14.0. The average Bonchev–Trinajstić information content (AvgIpc) is 2.74. The van der Waals surface area contributed by atoms with Crippen molar-refractivity contribution in [2.75, 3.05) is 13.3 Å². The van der Waals surface area contributed by atoms with Crippen LogP contribution in [0.15, 0.2) is 15.8 Å². The van der Waals surface area contributed by atoms with Crippen molar-refractivity contribution in [1.29, 1.82) is 0 Å². The van der Waals surface area contributed by atoms with E-state index in [1.165, 1.54) is 6.20 Å². The maximum atomic E-state index is 12.3. The lowest BCUT2D eigenvalue weighted by molar-refractivity contribution is -0.0460. The van der Waals surface area contributed by atoms with Crippen LogP contribution < -0.4 is 11.2 Å². The van der Waals surface area contributed by atoms with Gasteiger partial charge in [0.05, 0.1) is 19.4 Å². The standard InChI is InChI=1S/C11H15FN2O5/c12-2-1-6-4-14(11(18)13-10(6)17)9-3-7(16)8(5-15)19-9/h4,7-9,15-16H,1-3,5H2,(H,13,17,18)/t7-,8-,9-/m1/s1. The van der Waals surface area contributed by atoms with Gasteiger partial charge in [0.2, 0.25) is 0 Å². The van der Waals surface area contributed by atoms with Crippen molar-refractivity contribution in [2.45, 2.75) is 31.3 Å². The molecule has 1 aliphatic rings. The number of alkyl halides is 1. The molecule has 1 aliphatic heterocycles. The zero-order valence-corrected chi connectivity index (χ0v) is 10.1. The fourth-order valence-corrected chi connectivity index (χ4v) is 2.07. The molecule has 2 rings (SSSR count). The summed E-state index contributed by atoms with van der Waals surface area (Å²) in [6.07, 6.45) is -1.19. The number of aromatic nitrogens is 2. The monoisotopic (exact) mass is 274 g/mol. The predicted octanol–water partition coefficient (Wildman–Crippen LogP) is -1.31. The van der Waals surface area contributed by atoms with E-state index in [4.69, 9.17) is 9.84 Å². The highest BCUT2D eigenvalue weighted by Gasteiger charge is 2.35. The third-order valence-corrected chi connectivity index (χ3v) is 3.10. The molecule has 0 amide bonds. The van der Waals surface area contributed by atoms with Gasteiger partial charge in [-0.3, -0.25) is 18.7 Å². The zero-order valence-electron chi connectivity index (χ0n) is 10.1. The molecule has 0 radical (unpaired) electrons. The van der Waals surface area contributed by atoms with Crippen molar-refractivity contribution in [1.82, 2.24) is 9.55 Å². The Morgan fingerprint density at radius 3 is 2.84 bits per heavy atom. The Morgan fingerprint density at radius 1 is 1.53 bits per heavy atom. The van der Waals surface area contributed by atoms with Gasteiger partial charge >= 0.3 is 5.69 Å². The molecule has 0 saturated carbocycles. The molecule has 1 saturated heterocycles. The average molecular weight is 274 g/mol. The Bertz CT molecular complexity index is 555. The minimum Gasteiger partial charge on any atom is -0.394 e. The molecule has 1 fully saturated rings. The van der Waals surface area contributed by atoms with E-state index in [0.717, 1.165) is 4.57 Å². The molecule has 0 aliphatic carbocycles. The second-order valence-corrected chi connectivity index (χ2v) is 4.37. The number of aliphatic hydroxyl groups is 2. The van der Waals surface area contributed by atoms with Crippen LogP contribution in [-0.4, -0.2) is 45.3 Å². The van der Waals surface area contributed by atoms with E-state index < -0.39 is 36.4 Å². The SMILES string of the molecule is O=c1[nH]c(=O)n([C@H]2C[C@@H](O)[C@@H](CO)O2)cc1CCF. The van der Waals surface area contributed by atoms with Gasteiger partial charge in [-0.25, -0.2) is 4.79 Å². The summed E-state index contributed by atoms with van der Waals surface area (Å²) < 4.78 is 18.7. The van der Waals surface area contributed by atoms with E-state index in [2.05, 4.69) is 4.98 Å². The van der Waals surface area contributed by atoms with Gasteiger partial charge in [0.15, 0.2) is 0 Å². The van der Waals surface area contributed by atoms with Crippen LogP contribution in [0.25, 0.3) is 0 Å². The van der Waals surface area contributed by atoms with E-state index in [9.17, 15) is 19.1 Å². The Labute approximate surface area is 107 Å². The summed E-state index contributed by atoms with van der Waals surface area (Å²) in [5, 5.41) is 18.6. The summed E-state index contributed by atoms with van der Waals surface area (Å²) in [5.41, 5.74) is -1.19. The first kappa shape index (κ1) is 13.9. The maximum absolute atomic E-state index is 12.3. The van der Waals surface area contributed by atoms with Gasteiger partial charge in [0.1, 0.15) is 12.3 Å². The van der Waals surface area contributed by atoms with E-state index >= 15 is 0 Å². The van der Waals surface area contributed by atoms with Gasteiger partial charge in [-0.2, -0.15) is 0 Å². The number of rotatable bonds is 4. The largest absolute Gasteiger partial charge is 0.394 e. The van der Waals surface area contributed by atoms with Crippen molar-refractivity contribution < 1.29 is 19.3 Å². The van der Waals surface area contributed by atoms with Gasteiger partial charge in [-0.15, -0.1) is 0 Å². The Balaban J connectivity index is 2.33. The van der Waals surface area contributed by atoms with Crippen LogP contribution in [0.1, 0.15) is 18.2 Å². The van der Waals surface area contributed by atoms with Crippen LogP contribution in [0.2, 0.25) is 0 Å². The van der Waals surface area contributed by atoms with Crippen molar-refractivity contribution in [3.63, 3.8) is 0 Å². The molecule has 0 spiro atoms. The molecule has 1 aromatic heterocycles. The lowest BCUT2D eigenvalue weighted by atomic mass is 10.2. The lowest BCUT2D eigenvalue weighted by Gasteiger charge is -2.15. The fraction of sp³-hybridized carbons (Fsp3) is 0.636. The van der Waals surface area contributed by atoms with Crippen molar-refractivity contribution in [2.24, 2.45) is 0 Å². The topological polar surface area (TPSA) is 105 Å². The number of aromatic amines is 1. The Hall–Kier alpha value is -1.51. The molecule has 0 bridgehead atoms. The summed E-state index contributed by atoms with van der Waals surface area (Å²) in [4.78, 5) is 25.2. The molecule has 0 aromatic carbocycles. The molecular weight excluding hydrogens is 259 g/mol. The molecule has 1 aromatic rings. The van der Waals surface area contributed by atoms with Crippen LogP contribution >= 0.6 is 0 Å². The van der Waals surface area contributed by atoms with Gasteiger partial charge in [-0.05, 0) is 0 Å². The number of aryl methyl sites for hydroxylation is 1. The van der Waals surface area contributed by atoms with Crippen LogP contribution in [0.3, 0.4) is 0 Å². The molecule has 3 atom stereocenters. The summed E-state index contributed by atoms with van der Waals surface area (Å²) in [6.45, 7) is -1.08. The van der Waals surface area contributed by atoms with Crippen LogP contribution in [0.4, 0.5) is 4.39 Å². The smallest absolute Gasteiger partial charge is 0.330 e. The highest BCUT2D eigenvalue weighted by molar-refractivity contribution is 5.05. The third kappa shape index (κ3) is 2.75. The van der Waals surface area contributed by atoms with Crippen molar-refractivity contribution in [3.05, 3.63) is 32.6 Å². The Kier molecular flexibility index (Phi) is 4.13. The number of nitrogens with one attached hydrogen (secondary N) is 1. The first-order chi connectivity index (χ1) is 9.06.